The van der Waals surface area contributed by atoms with Gasteiger partial charge in [-0.25, -0.2) is 4.39 Å². The van der Waals surface area contributed by atoms with E-state index in [9.17, 15) is 19.1 Å². The molecule has 43 heavy (non-hydrogen) atoms. The highest BCUT2D eigenvalue weighted by Crippen LogP contribution is 2.25. The molecule has 2 heterocycles. The number of piperidine rings is 1. The number of nitrogens with zero attached hydrogens (tertiary/aromatic N) is 2. The van der Waals surface area contributed by atoms with E-state index in [1.54, 1.807) is 12.1 Å². The summed E-state index contributed by atoms with van der Waals surface area (Å²) in [6.07, 6.45) is 3.64. The summed E-state index contributed by atoms with van der Waals surface area (Å²) in [6, 6.07) is 27.5. The average Bonchev–Trinajstić information content (AvgIpc) is 3.39. The van der Waals surface area contributed by atoms with Gasteiger partial charge in [0.05, 0.1) is 11.8 Å². The van der Waals surface area contributed by atoms with Crippen molar-refractivity contribution in [2.75, 3.05) is 23.3 Å². The highest BCUT2D eigenvalue weighted by molar-refractivity contribution is 6.00. The lowest BCUT2D eigenvalue weighted by Crippen LogP contribution is -2.35. The van der Waals surface area contributed by atoms with E-state index in [2.05, 4.69) is 10.2 Å². The van der Waals surface area contributed by atoms with Crippen molar-refractivity contribution in [3.63, 3.8) is 0 Å². The van der Waals surface area contributed by atoms with Crippen molar-refractivity contribution < 1.29 is 19.1 Å². The number of benzene rings is 4. The number of aliphatic hydroxyl groups is 1. The number of carbonyl (C=O) groups excluding carboxylic acids is 2. The van der Waals surface area contributed by atoms with E-state index in [0.717, 1.165) is 48.1 Å². The first kappa shape index (κ1) is 28.4. The molecule has 0 saturated carbocycles. The van der Waals surface area contributed by atoms with Crippen LogP contribution in [0.4, 0.5) is 21.5 Å². The number of anilines is 3. The summed E-state index contributed by atoms with van der Waals surface area (Å²) in [5.41, 5.74) is 5.80. The highest BCUT2D eigenvalue weighted by atomic mass is 19.1. The van der Waals surface area contributed by atoms with Crippen LogP contribution in [0.25, 0.3) is 10.9 Å². The maximum absolute atomic E-state index is 15.0. The predicted octanol–water partition coefficient (Wildman–Crippen LogP) is 6.87. The maximum atomic E-state index is 15.0. The fraction of sp³-hybridized carbons (Fsp3) is 0.222. The second kappa shape index (κ2) is 12.2. The van der Waals surface area contributed by atoms with Crippen molar-refractivity contribution in [1.82, 2.24) is 4.57 Å². The number of aromatic nitrogens is 1. The van der Waals surface area contributed by atoms with E-state index in [4.69, 9.17) is 0 Å². The zero-order valence-corrected chi connectivity index (χ0v) is 24.1. The van der Waals surface area contributed by atoms with Gasteiger partial charge in [0.1, 0.15) is 5.82 Å². The number of hydrogen-bond donors (Lipinski definition) is 2. The number of carbonyl (C=O) groups is 2. The number of rotatable bonds is 9. The molecule has 6 nitrogen and oxygen atoms in total. The highest BCUT2D eigenvalue weighted by Gasteiger charge is 2.18. The Kier molecular flexibility index (Phi) is 8.07. The lowest BCUT2D eigenvalue weighted by Gasteiger charge is -2.31. The van der Waals surface area contributed by atoms with E-state index in [0.29, 0.717) is 28.1 Å². The number of nitrogens with one attached hydrogen (secondary N) is 1. The van der Waals surface area contributed by atoms with E-state index in [1.807, 2.05) is 90.6 Å². The van der Waals surface area contributed by atoms with Crippen LogP contribution in [-0.4, -0.2) is 40.4 Å². The van der Waals surface area contributed by atoms with Crippen molar-refractivity contribution in [3.8, 4) is 0 Å². The fourth-order valence-electron chi connectivity index (χ4n) is 5.62. The van der Waals surface area contributed by atoms with Gasteiger partial charge in [0, 0.05) is 67.2 Å². The van der Waals surface area contributed by atoms with Gasteiger partial charge in [-0.05, 0) is 90.0 Å². The van der Waals surface area contributed by atoms with Crippen LogP contribution in [0.2, 0.25) is 0 Å². The molecule has 0 radical (unpaired) electrons. The second-order valence-electron chi connectivity index (χ2n) is 11.3. The topological polar surface area (TPSA) is 74.6 Å². The summed E-state index contributed by atoms with van der Waals surface area (Å²) >= 11 is 0. The summed E-state index contributed by atoms with van der Waals surface area (Å²) in [6.45, 7) is 1.63. The molecule has 0 aliphatic carbocycles. The van der Waals surface area contributed by atoms with Crippen molar-refractivity contribution in [2.24, 2.45) is 7.05 Å². The van der Waals surface area contributed by atoms with Gasteiger partial charge in [0.25, 0.3) is 0 Å². The summed E-state index contributed by atoms with van der Waals surface area (Å²) < 4.78 is 16.9. The lowest BCUT2D eigenvalue weighted by molar-refractivity contribution is 0.0985. The monoisotopic (exact) mass is 575 g/mol. The van der Waals surface area contributed by atoms with Crippen LogP contribution in [0.15, 0.2) is 97.2 Å². The zero-order chi connectivity index (χ0) is 29.9. The molecule has 218 valence electrons. The van der Waals surface area contributed by atoms with Crippen LogP contribution < -0.4 is 10.2 Å². The van der Waals surface area contributed by atoms with E-state index < -0.39 is 5.82 Å². The lowest BCUT2D eigenvalue weighted by atomic mass is 10.0. The molecule has 1 aliphatic rings. The van der Waals surface area contributed by atoms with Crippen LogP contribution in [0.3, 0.4) is 0 Å². The minimum atomic E-state index is -0.438. The third kappa shape index (κ3) is 6.52. The average molecular weight is 576 g/mol. The molecular formula is C36H34FN3O3. The Labute approximate surface area is 250 Å². The number of hydrogen-bond acceptors (Lipinski definition) is 5. The van der Waals surface area contributed by atoms with Crippen LogP contribution in [0.1, 0.15) is 44.7 Å². The van der Waals surface area contributed by atoms with E-state index in [1.165, 1.54) is 6.07 Å². The second-order valence-corrected chi connectivity index (χ2v) is 11.3. The van der Waals surface area contributed by atoms with Gasteiger partial charge in [-0.15, -0.1) is 0 Å². The number of aryl methyl sites for hydroxylation is 1. The SMILES string of the molecule is Cn1ccc2ccc(C(=O)Cc3ccc(Nc4ccc(CC(=O)c5ccc(N6CCC(O)CC6)cc5)cc4)c(F)c3)cc21. The standard InChI is InChI=1S/C36H34FN3O3/c1-39-17-14-26-5-6-28(23-34(26)39)36(43)22-25-4-13-33(32(37)20-25)38-29-9-2-24(3-10-29)21-35(42)27-7-11-30(12-8-27)40-18-15-31(41)16-19-40/h2-14,17,20,23,31,38,41H,15-16,18-19,21-22H2,1H3. The smallest absolute Gasteiger partial charge is 0.167 e. The summed E-state index contributed by atoms with van der Waals surface area (Å²) in [7, 11) is 1.94. The van der Waals surface area contributed by atoms with Crippen LogP contribution in [0, 0.1) is 5.82 Å². The molecule has 1 saturated heterocycles. The minimum Gasteiger partial charge on any atom is -0.393 e. The molecular weight excluding hydrogens is 541 g/mol. The van der Waals surface area contributed by atoms with Gasteiger partial charge in [-0.1, -0.05) is 30.3 Å². The van der Waals surface area contributed by atoms with E-state index >= 15 is 0 Å². The molecule has 1 fully saturated rings. The van der Waals surface area contributed by atoms with Crippen LogP contribution in [-0.2, 0) is 19.9 Å². The third-order valence-corrected chi connectivity index (χ3v) is 8.22. The summed E-state index contributed by atoms with van der Waals surface area (Å²) in [5.74, 6) is -0.472. The number of Topliss-reactive ketones (excluding diaryl/α,β-unsaturated/α-hetero) is 2. The normalized spacial score (nSPS) is 13.8. The quantitative estimate of drug-likeness (QED) is 0.188. The molecule has 1 aliphatic heterocycles. The molecule has 6 rings (SSSR count). The number of aliphatic hydroxyl groups excluding tert-OH is 1. The molecule has 7 heteroatoms. The van der Waals surface area contributed by atoms with Gasteiger partial charge in [-0.2, -0.15) is 0 Å². The molecule has 5 aromatic rings. The minimum absolute atomic E-state index is 0.0288. The Morgan fingerprint density at radius 2 is 1.47 bits per heavy atom. The fourth-order valence-corrected chi connectivity index (χ4v) is 5.62. The van der Waals surface area contributed by atoms with Crippen molar-refractivity contribution in [1.29, 1.82) is 0 Å². The Morgan fingerprint density at radius 3 is 2.19 bits per heavy atom. The predicted molar refractivity (Wildman–Crippen MR) is 169 cm³/mol. The Bertz CT molecular complexity index is 1770. The van der Waals surface area contributed by atoms with Crippen molar-refractivity contribution in [3.05, 3.63) is 125 Å². The van der Waals surface area contributed by atoms with E-state index in [-0.39, 0.29) is 30.5 Å². The van der Waals surface area contributed by atoms with Gasteiger partial charge >= 0.3 is 0 Å². The molecule has 0 unspecified atom stereocenters. The van der Waals surface area contributed by atoms with Crippen LogP contribution >= 0.6 is 0 Å². The third-order valence-electron chi connectivity index (χ3n) is 8.22. The Balaban J connectivity index is 1.04. The van der Waals surface area contributed by atoms with Crippen molar-refractivity contribution >= 4 is 39.5 Å². The maximum Gasteiger partial charge on any atom is 0.167 e. The first-order chi connectivity index (χ1) is 20.8. The van der Waals surface area contributed by atoms with Gasteiger partial charge in [-0.3, -0.25) is 9.59 Å². The zero-order valence-electron chi connectivity index (χ0n) is 24.1. The van der Waals surface area contributed by atoms with Crippen molar-refractivity contribution in [2.45, 2.75) is 31.8 Å². The van der Waals surface area contributed by atoms with Gasteiger partial charge in [0.15, 0.2) is 11.6 Å². The Hall–Kier alpha value is -4.75. The molecule has 1 aromatic heterocycles. The number of fused-ring (bicyclic) bond motifs is 1. The Morgan fingerprint density at radius 1 is 0.814 bits per heavy atom. The van der Waals surface area contributed by atoms with Gasteiger partial charge in [0.2, 0.25) is 0 Å². The molecule has 0 spiro atoms. The largest absolute Gasteiger partial charge is 0.393 e. The summed E-state index contributed by atoms with van der Waals surface area (Å²) in [5, 5.41) is 13.9. The number of ketones is 2. The molecule has 0 bridgehead atoms. The number of halogens is 1. The molecule has 0 amide bonds. The van der Waals surface area contributed by atoms with Gasteiger partial charge < -0.3 is 19.9 Å². The molecule has 0 atom stereocenters. The van der Waals surface area contributed by atoms with Crippen LogP contribution in [0.5, 0.6) is 0 Å². The molecule has 2 N–H and O–H groups in total. The molecule has 4 aromatic carbocycles. The first-order valence-electron chi connectivity index (χ1n) is 14.6. The first-order valence-corrected chi connectivity index (χ1v) is 14.6. The summed E-state index contributed by atoms with van der Waals surface area (Å²) in [4.78, 5) is 28.0.